The molecule has 15 heavy (non-hydrogen) atoms. The number of hydrogen-bond acceptors (Lipinski definition) is 3. The summed E-state index contributed by atoms with van der Waals surface area (Å²) < 4.78 is 0. The zero-order valence-corrected chi connectivity index (χ0v) is 10.0. The van der Waals surface area contributed by atoms with E-state index in [0.717, 1.165) is 18.9 Å². The Bertz CT molecular complexity index is 204. The van der Waals surface area contributed by atoms with E-state index in [1.165, 1.54) is 25.9 Å². The number of hydrogen-bond donors (Lipinski definition) is 1. The van der Waals surface area contributed by atoms with Gasteiger partial charge in [0.25, 0.3) is 0 Å². The molecule has 0 aromatic rings. The summed E-state index contributed by atoms with van der Waals surface area (Å²) in [4.78, 5) is 4.87. The van der Waals surface area contributed by atoms with Crippen LogP contribution in [0.25, 0.3) is 0 Å². The highest BCUT2D eigenvalue weighted by molar-refractivity contribution is 4.87. The predicted octanol–water partition coefficient (Wildman–Crippen LogP) is 0.641. The minimum absolute atomic E-state index is 0.347. The van der Waals surface area contributed by atoms with Crippen LogP contribution in [0.5, 0.6) is 0 Å². The van der Waals surface area contributed by atoms with Gasteiger partial charge in [-0.3, -0.25) is 0 Å². The quantitative estimate of drug-likeness (QED) is 0.741. The van der Waals surface area contributed by atoms with Gasteiger partial charge in [-0.05, 0) is 51.7 Å². The Morgan fingerprint density at radius 3 is 2.53 bits per heavy atom. The lowest BCUT2D eigenvalue weighted by Crippen LogP contribution is -2.51. The molecule has 1 N–H and O–H groups in total. The van der Waals surface area contributed by atoms with Crippen LogP contribution in [0.2, 0.25) is 0 Å². The Labute approximate surface area is 93.1 Å². The van der Waals surface area contributed by atoms with Gasteiger partial charge in [0.1, 0.15) is 0 Å². The highest BCUT2D eigenvalue weighted by Gasteiger charge is 2.32. The summed E-state index contributed by atoms with van der Waals surface area (Å²) in [6.45, 7) is 3.98. The van der Waals surface area contributed by atoms with Crippen molar-refractivity contribution in [3.63, 3.8) is 0 Å². The van der Waals surface area contributed by atoms with Gasteiger partial charge in [0.05, 0.1) is 0 Å². The van der Waals surface area contributed by atoms with Crippen molar-refractivity contribution in [1.82, 2.24) is 9.80 Å². The van der Waals surface area contributed by atoms with Crippen LogP contribution in [0.3, 0.4) is 0 Å². The number of likely N-dealkylation sites (tertiary alicyclic amines) is 1. The Balaban J connectivity index is 1.86. The Morgan fingerprint density at radius 2 is 2.00 bits per heavy atom. The number of nitrogens with zero attached hydrogens (tertiary/aromatic N) is 2. The smallest absolute Gasteiger partial charge is 0.0475 e. The maximum Gasteiger partial charge on any atom is 0.0475 e. The Hall–Kier alpha value is -0.120. The van der Waals surface area contributed by atoms with Crippen LogP contribution in [0.1, 0.15) is 19.3 Å². The van der Waals surface area contributed by atoms with Crippen molar-refractivity contribution in [2.45, 2.75) is 25.3 Å². The van der Waals surface area contributed by atoms with E-state index in [1.807, 2.05) is 0 Å². The molecule has 2 atom stereocenters. The first-order valence-electron chi connectivity index (χ1n) is 6.20. The number of likely N-dealkylation sites (N-methyl/N-ethyl adjacent to an activating group) is 1. The topological polar surface area (TPSA) is 26.7 Å². The molecule has 1 aliphatic carbocycles. The van der Waals surface area contributed by atoms with Crippen molar-refractivity contribution in [2.24, 2.45) is 11.8 Å². The van der Waals surface area contributed by atoms with Crippen LogP contribution in [-0.2, 0) is 0 Å². The van der Waals surface area contributed by atoms with Gasteiger partial charge in [-0.15, -0.1) is 0 Å². The fraction of sp³-hybridized carbons (Fsp3) is 1.00. The fourth-order valence-electron chi connectivity index (χ4n) is 2.67. The summed E-state index contributed by atoms with van der Waals surface area (Å²) in [5, 5.41) is 9.35. The highest BCUT2D eigenvalue weighted by Crippen LogP contribution is 2.31. The zero-order valence-electron chi connectivity index (χ0n) is 10.0. The van der Waals surface area contributed by atoms with Crippen LogP contribution >= 0.6 is 0 Å². The fourth-order valence-corrected chi connectivity index (χ4v) is 2.67. The van der Waals surface area contributed by atoms with Gasteiger partial charge in [0, 0.05) is 25.7 Å². The molecule has 3 heteroatoms. The molecule has 2 rings (SSSR count). The van der Waals surface area contributed by atoms with E-state index in [9.17, 15) is 5.11 Å². The summed E-state index contributed by atoms with van der Waals surface area (Å²) in [5.41, 5.74) is 0. The third-order valence-electron chi connectivity index (χ3n) is 3.92. The number of rotatable bonds is 4. The molecule has 0 bridgehead atoms. The average Bonchev–Trinajstić information content (AvgIpc) is 3.01. The third-order valence-corrected chi connectivity index (χ3v) is 3.92. The molecule has 1 aliphatic heterocycles. The van der Waals surface area contributed by atoms with Crippen LogP contribution in [0, 0.1) is 11.8 Å². The SMILES string of the molecule is CN(C)[C@@H]1CN(CC2CC2)CC[C@@H]1CO. The molecule has 2 aliphatic rings. The molecule has 0 amide bonds. The second kappa shape index (κ2) is 4.81. The standard InChI is InChI=1S/C12H24N2O/c1-13(2)12-8-14(7-10-3-4-10)6-5-11(12)9-15/h10-12,15H,3-9H2,1-2H3/t11-,12-/m1/s1. The molecule has 0 aromatic carbocycles. The third kappa shape index (κ3) is 2.92. The first-order valence-corrected chi connectivity index (χ1v) is 6.20. The Kier molecular flexibility index (Phi) is 3.65. The largest absolute Gasteiger partial charge is 0.396 e. The lowest BCUT2D eigenvalue weighted by molar-refractivity contribution is 0.0475. The van der Waals surface area contributed by atoms with Crippen molar-refractivity contribution < 1.29 is 5.11 Å². The maximum absolute atomic E-state index is 9.35. The van der Waals surface area contributed by atoms with Crippen LogP contribution in [0.4, 0.5) is 0 Å². The molecule has 88 valence electrons. The van der Waals surface area contributed by atoms with E-state index >= 15 is 0 Å². The molecule has 3 nitrogen and oxygen atoms in total. The van der Waals surface area contributed by atoms with Gasteiger partial charge in [0.15, 0.2) is 0 Å². The first kappa shape index (κ1) is 11.4. The van der Waals surface area contributed by atoms with Crippen molar-refractivity contribution in [2.75, 3.05) is 40.3 Å². The van der Waals surface area contributed by atoms with Crippen LogP contribution in [-0.4, -0.2) is 61.3 Å². The minimum Gasteiger partial charge on any atom is -0.396 e. The van der Waals surface area contributed by atoms with Gasteiger partial charge in [-0.2, -0.15) is 0 Å². The minimum atomic E-state index is 0.347. The molecular weight excluding hydrogens is 188 g/mol. The monoisotopic (exact) mass is 212 g/mol. The summed E-state index contributed by atoms with van der Waals surface area (Å²) in [5.74, 6) is 1.47. The molecule has 0 aromatic heterocycles. The number of piperidine rings is 1. The summed E-state index contributed by atoms with van der Waals surface area (Å²) in [7, 11) is 4.27. The molecule has 2 fully saturated rings. The van der Waals surface area contributed by atoms with Gasteiger partial charge in [-0.25, -0.2) is 0 Å². The highest BCUT2D eigenvalue weighted by atomic mass is 16.3. The van der Waals surface area contributed by atoms with Crippen molar-refractivity contribution in [3.8, 4) is 0 Å². The molecule has 1 heterocycles. The van der Waals surface area contributed by atoms with Gasteiger partial charge in [-0.1, -0.05) is 0 Å². The van der Waals surface area contributed by atoms with Gasteiger partial charge >= 0.3 is 0 Å². The number of aliphatic hydroxyl groups is 1. The van der Waals surface area contributed by atoms with Gasteiger partial charge in [0.2, 0.25) is 0 Å². The van der Waals surface area contributed by atoms with E-state index in [4.69, 9.17) is 0 Å². The molecule has 1 saturated carbocycles. The van der Waals surface area contributed by atoms with Gasteiger partial charge < -0.3 is 14.9 Å². The maximum atomic E-state index is 9.35. The normalized spacial score (nSPS) is 33.6. The van der Waals surface area contributed by atoms with E-state index < -0.39 is 0 Å². The van der Waals surface area contributed by atoms with Crippen molar-refractivity contribution >= 4 is 0 Å². The second-order valence-electron chi connectivity index (χ2n) is 5.47. The molecular formula is C12H24N2O. The van der Waals surface area contributed by atoms with Crippen molar-refractivity contribution in [3.05, 3.63) is 0 Å². The average molecular weight is 212 g/mol. The van der Waals surface area contributed by atoms with Crippen LogP contribution in [0.15, 0.2) is 0 Å². The van der Waals surface area contributed by atoms with Crippen molar-refractivity contribution in [1.29, 1.82) is 0 Å². The summed E-state index contributed by atoms with van der Waals surface area (Å²) in [6.07, 6.45) is 4.03. The lowest BCUT2D eigenvalue weighted by Gasteiger charge is -2.41. The van der Waals surface area contributed by atoms with Crippen LogP contribution < -0.4 is 0 Å². The molecule has 0 unspecified atom stereocenters. The summed E-state index contributed by atoms with van der Waals surface area (Å²) in [6, 6.07) is 0.544. The second-order valence-corrected chi connectivity index (χ2v) is 5.47. The predicted molar refractivity (Wildman–Crippen MR) is 61.8 cm³/mol. The molecule has 0 spiro atoms. The number of aliphatic hydroxyl groups excluding tert-OH is 1. The lowest BCUT2D eigenvalue weighted by atomic mass is 9.91. The summed E-state index contributed by atoms with van der Waals surface area (Å²) >= 11 is 0. The molecule has 1 saturated heterocycles. The Morgan fingerprint density at radius 1 is 1.27 bits per heavy atom. The molecule has 0 radical (unpaired) electrons. The van der Waals surface area contributed by atoms with E-state index in [-0.39, 0.29) is 0 Å². The zero-order chi connectivity index (χ0) is 10.8. The van der Waals surface area contributed by atoms with E-state index in [0.29, 0.717) is 18.6 Å². The van der Waals surface area contributed by atoms with E-state index in [2.05, 4.69) is 23.9 Å². The van der Waals surface area contributed by atoms with E-state index in [1.54, 1.807) is 0 Å². The first-order chi connectivity index (χ1) is 7.20.